The van der Waals surface area contributed by atoms with Crippen LogP contribution in [0.4, 0.5) is 8.78 Å². The van der Waals surface area contributed by atoms with Crippen LogP contribution in [0.1, 0.15) is 58.4 Å². The maximum Gasteiger partial charge on any atom is 0.280 e. The molecule has 4 heterocycles. The highest BCUT2D eigenvalue weighted by molar-refractivity contribution is 6.00. The Bertz CT molecular complexity index is 1280. The minimum Gasteiger partial charge on any atom is -0.361 e. The summed E-state index contributed by atoms with van der Waals surface area (Å²) in [7, 11) is 0. The number of carbonyl (C=O) groups excluding carboxylic acids is 1. The Balaban J connectivity index is 1.61. The second-order valence-electron chi connectivity index (χ2n) is 7.92. The molecular weight excluding hydrogens is 416 g/mol. The Labute approximate surface area is 182 Å². The zero-order chi connectivity index (χ0) is 22.4. The first-order valence-corrected chi connectivity index (χ1v) is 10.4. The topological polar surface area (TPSA) is 76.5 Å². The molecule has 164 valence electrons. The second-order valence-corrected chi connectivity index (χ2v) is 7.92. The Kier molecular flexibility index (Phi) is 4.96. The van der Waals surface area contributed by atoms with Gasteiger partial charge in [0.25, 0.3) is 12.3 Å². The maximum atomic E-state index is 13.8. The van der Waals surface area contributed by atoms with Gasteiger partial charge in [0.1, 0.15) is 17.0 Å². The number of benzene rings is 1. The minimum absolute atomic E-state index is 0.121. The fraction of sp³-hybridized carbons (Fsp3) is 0.304. The van der Waals surface area contributed by atoms with Crippen molar-refractivity contribution in [1.82, 2.24) is 24.7 Å². The van der Waals surface area contributed by atoms with Gasteiger partial charge in [0.05, 0.1) is 23.6 Å². The van der Waals surface area contributed by atoms with E-state index in [9.17, 15) is 13.6 Å². The van der Waals surface area contributed by atoms with Crippen LogP contribution in [0.3, 0.4) is 0 Å². The van der Waals surface area contributed by atoms with Crippen molar-refractivity contribution in [2.24, 2.45) is 0 Å². The zero-order valence-corrected chi connectivity index (χ0v) is 17.6. The molecule has 0 radical (unpaired) electrons. The number of fused-ring (bicyclic) bond motifs is 1. The monoisotopic (exact) mass is 437 g/mol. The van der Waals surface area contributed by atoms with Gasteiger partial charge in [0.15, 0.2) is 5.65 Å². The molecule has 1 saturated heterocycles. The van der Waals surface area contributed by atoms with Crippen LogP contribution in [-0.4, -0.2) is 37.1 Å². The molecule has 0 N–H and O–H groups in total. The molecule has 4 aromatic rings. The van der Waals surface area contributed by atoms with Gasteiger partial charge in [-0.15, -0.1) is 0 Å². The summed E-state index contributed by atoms with van der Waals surface area (Å²) in [5.41, 5.74) is 2.71. The number of nitrogens with zero attached hydrogens (tertiary/aromatic N) is 5. The zero-order valence-electron chi connectivity index (χ0n) is 17.6. The van der Waals surface area contributed by atoms with E-state index < -0.39 is 6.43 Å². The summed E-state index contributed by atoms with van der Waals surface area (Å²) >= 11 is 0. The number of halogens is 2. The van der Waals surface area contributed by atoms with E-state index in [1.54, 1.807) is 17.0 Å². The summed E-state index contributed by atoms with van der Waals surface area (Å²) in [6, 6.07) is 10.2. The van der Waals surface area contributed by atoms with Crippen molar-refractivity contribution in [2.75, 3.05) is 6.54 Å². The molecule has 7 nitrogen and oxygen atoms in total. The van der Waals surface area contributed by atoms with Crippen LogP contribution >= 0.6 is 0 Å². The van der Waals surface area contributed by atoms with Crippen LogP contribution in [0, 0.1) is 13.8 Å². The number of aromatic nitrogens is 4. The molecule has 3 aromatic heterocycles. The molecule has 1 fully saturated rings. The Hall–Kier alpha value is -3.62. The van der Waals surface area contributed by atoms with Gasteiger partial charge in [-0.25, -0.2) is 18.3 Å². The molecule has 1 atom stereocenters. The molecule has 1 aromatic carbocycles. The molecule has 0 spiro atoms. The van der Waals surface area contributed by atoms with E-state index >= 15 is 0 Å². The van der Waals surface area contributed by atoms with Gasteiger partial charge in [0.2, 0.25) is 0 Å². The summed E-state index contributed by atoms with van der Waals surface area (Å²) in [4.78, 5) is 19.9. The molecule has 0 bridgehead atoms. The van der Waals surface area contributed by atoms with Gasteiger partial charge in [0, 0.05) is 17.7 Å². The highest BCUT2D eigenvalue weighted by atomic mass is 19.3. The highest BCUT2D eigenvalue weighted by Crippen LogP contribution is 2.37. The van der Waals surface area contributed by atoms with E-state index in [1.165, 1.54) is 12.3 Å². The third-order valence-electron chi connectivity index (χ3n) is 5.96. The van der Waals surface area contributed by atoms with Crippen LogP contribution < -0.4 is 0 Å². The average Bonchev–Trinajstić information content (AvgIpc) is 3.51. The van der Waals surface area contributed by atoms with E-state index in [4.69, 9.17) is 4.52 Å². The molecule has 0 aliphatic carbocycles. The van der Waals surface area contributed by atoms with Gasteiger partial charge >= 0.3 is 0 Å². The summed E-state index contributed by atoms with van der Waals surface area (Å²) < 4.78 is 34.0. The Morgan fingerprint density at radius 2 is 2.00 bits per heavy atom. The summed E-state index contributed by atoms with van der Waals surface area (Å²) in [6.45, 7) is 4.23. The minimum atomic E-state index is -2.77. The first-order chi connectivity index (χ1) is 15.5. The Morgan fingerprint density at radius 3 is 2.69 bits per heavy atom. The van der Waals surface area contributed by atoms with E-state index in [-0.39, 0.29) is 28.9 Å². The molecule has 0 unspecified atom stereocenters. The molecule has 1 aliphatic heterocycles. The number of aryl methyl sites for hydroxylation is 2. The van der Waals surface area contributed by atoms with E-state index in [0.717, 1.165) is 28.6 Å². The summed E-state index contributed by atoms with van der Waals surface area (Å²) in [5.74, 6) is 0.386. The number of alkyl halides is 2. The van der Waals surface area contributed by atoms with Crippen molar-refractivity contribution in [3.8, 4) is 11.3 Å². The van der Waals surface area contributed by atoms with Gasteiger partial charge in [-0.3, -0.25) is 4.79 Å². The van der Waals surface area contributed by atoms with Gasteiger partial charge in [-0.05, 0) is 32.8 Å². The largest absolute Gasteiger partial charge is 0.361 e. The molecule has 0 saturated carbocycles. The summed E-state index contributed by atoms with van der Waals surface area (Å²) in [5, 5.41) is 8.10. The molecule has 9 heteroatoms. The molecule has 1 amide bonds. The van der Waals surface area contributed by atoms with E-state index in [0.29, 0.717) is 23.6 Å². The molecule has 32 heavy (non-hydrogen) atoms. The van der Waals surface area contributed by atoms with Crippen LogP contribution in [0.15, 0.2) is 47.1 Å². The van der Waals surface area contributed by atoms with Crippen molar-refractivity contribution in [3.63, 3.8) is 0 Å². The lowest BCUT2D eigenvalue weighted by Gasteiger charge is -2.24. The van der Waals surface area contributed by atoms with Crippen LogP contribution in [0.5, 0.6) is 0 Å². The first-order valence-electron chi connectivity index (χ1n) is 10.4. The van der Waals surface area contributed by atoms with Crippen molar-refractivity contribution in [1.29, 1.82) is 0 Å². The second kappa shape index (κ2) is 7.81. The maximum absolute atomic E-state index is 13.8. The van der Waals surface area contributed by atoms with Crippen molar-refractivity contribution >= 4 is 11.6 Å². The molecule has 5 rings (SSSR count). The quantitative estimate of drug-likeness (QED) is 0.453. The number of rotatable bonds is 4. The lowest BCUT2D eigenvalue weighted by Crippen LogP contribution is -2.31. The Morgan fingerprint density at radius 1 is 1.22 bits per heavy atom. The molecular formula is C23H21F2N5O2. The van der Waals surface area contributed by atoms with Crippen LogP contribution in [0.2, 0.25) is 0 Å². The van der Waals surface area contributed by atoms with Crippen LogP contribution in [-0.2, 0) is 0 Å². The predicted molar refractivity (Wildman–Crippen MR) is 112 cm³/mol. The SMILES string of the molecule is Cc1noc(C)c1[C@@H]1CCCN1C(=O)c1cnn2c(C(F)F)cc(-c3ccccc3)nc12. The highest BCUT2D eigenvalue weighted by Gasteiger charge is 2.36. The molecule has 1 aliphatic rings. The smallest absolute Gasteiger partial charge is 0.280 e. The number of carbonyl (C=O) groups is 1. The third-order valence-corrected chi connectivity index (χ3v) is 5.96. The first kappa shape index (κ1) is 20.3. The number of likely N-dealkylation sites (tertiary alicyclic amines) is 1. The van der Waals surface area contributed by atoms with E-state index in [1.807, 2.05) is 32.0 Å². The van der Waals surface area contributed by atoms with Gasteiger partial charge in [-0.1, -0.05) is 35.5 Å². The number of amides is 1. The van der Waals surface area contributed by atoms with Crippen molar-refractivity contribution < 1.29 is 18.1 Å². The van der Waals surface area contributed by atoms with E-state index in [2.05, 4.69) is 15.2 Å². The normalized spacial score (nSPS) is 16.4. The predicted octanol–water partition coefficient (Wildman–Crippen LogP) is 4.92. The number of hydrogen-bond donors (Lipinski definition) is 0. The van der Waals surface area contributed by atoms with Gasteiger partial charge in [-0.2, -0.15) is 5.10 Å². The van der Waals surface area contributed by atoms with Crippen molar-refractivity contribution in [3.05, 3.63) is 70.9 Å². The lowest BCUT2D eigenvalue weighted by atomic mass is 10.0. The average molecular weight is 437 g/mol. The standard InChI is InChI=1S/C23H21F2N5O2/c1-13-20(14(2)32-28-13)18-9-6-10-29(18)23(31)16-12-26-30-19(21(24)25)11-17(27-22(16)30)15-7-4-3-5-8-15/h3-5,7-8,11-12,18,21H,6,9-10H2,1-2H3/t18-/m0/s1. The summed E-state index contributed by atoms with van der Waals surface area (Å²) in [6.07, 6.45) is 0.157. The third kappa shape index (κ3) is 3.24. The number of hydrogen-bond acceptors (Lipinski definition) is 5. The van der Waals surface area contributed by atoms with Gasteiger partial charge < -0.3 is 9.42 Å². The fourth-order valence-electron chi connectivity index (χ4n) is 4.48. The lowest BCUT2D eigenvalue weighted by molar-refractivity contribution is 0.0736. The van der Waals surface area contributed by atoms with Crippen LogP contribution in [0.25, 0.3) is 16.9 Å². The fourth-order valence-corrected chi connectivity index (χ4v) is 4.48. The van der Waals surface area contributed by atoms with Crippen molar-refractivity contribution in [2.45, 2.75) is 39.2 Å².